The maximum Gasteiger partial charge on any atom is 0.326 e. The largest absolute Gasteiger partial charge is 0.508 e. The molecule has 0 saturated heterocycles. The molecule has 204 valence electrons. The highest BCUT2D eigenvalue weighted by Gasteiger charge is 2.33. The van der Waals surface area contributed by atoms with Crippen LogP contribution in [-0.4, -0.2) is 75.1 Å². The van der Waals surface area contributed by atoms with Crippen molar-refractivity contribution in [3.63, 3.8) is 0 Å². The van der Waals surface area contributed by atoms with Crippen LogP contribution in [-0.2, 0) is 35.2 Å². The van der Waals surface area contributed by atoms with E-state index in [1.807, 2.05) is 0 Å². The smallest absolute Gasteiger partial charge is 0.326 e. The highest BCUT2D eigenvalue weighted by molar-refractivity contribution is 5.95. The fraction of sp³-hybridized carbons (Fsp3) is 0.478. The molecule has 0 radical (unpaired) electrons. The molecule has 1 rings (SSSR count). The van der Waals surface area contributed by atoms with E-state index in [1.54, 1.807) is 26.0 Å². The van der Waals surface area contributed by atoms with Crippen molar-refractivity contribution in [3.05, 3.63) is 29.8 Å². The van der Waals surface area contributed by atoms with Crippen LogP contribution in [0.5, 0.6) is 5.75 Å². The lowest BCUT2D eigenvalue weighted by Gasteiger charge is -2.26. The number of aliphatic carboxylic acids is 2. The van der Waals surface area contributed by atoms with E-state index in [1.165, 1.54) is 12.1 Å². The molecule has 0 aliphatic rings. The van der Waals surface area contributed by atoms with Gasteiger partial charge in [-0.3, -0.25) is 24.0 Å². The standard InChI is InChI=1S/C23H33N5O9/c1-11(2)19(22(35)26-15(23(36)37)7-8-17(25)30)28-21(34)16(10-18(31)32)27-20(33)14(24)9-12-3-5-13(29)6-4-12/h3-6,11,14-16,19,29H,7-10,24H2,1-2H3,(H2,25,30)(H,26,35)(H,27,33)(H,28,34)(H,31,32)(H,36,37). The van der Waals surface area contributed by atoms with E-state index in [9.17, 15) is 44.1 Å². The molecular weight excluding hydrogens is 490 g/mol. The van der Waals surface area contributed by atoms with Gasteiger partial charge in [0.25, 0.3) is 0 Å². The molecule has 4 atom stereocenters. The van der Waals surface area contributed by atoms with Crippen molar-refractivity contribution in [2.24, 2.45) is 17.4 Å². The Morgan fingerprint density at radius 1 is 0.865 bits per heavy atom. The van der Waals surface area contributed by atoms with E-state index in [4.69, 9.17) is 11.5 Å². The number of phenolic OH excluding ortho intramolecular Hbond substituents is 1. The monoisotopic (exact) mass is 523 g/mol. The van der Waals surface area contributed by atoms with Crippen LogP contribution in [0.25, 0.3) is 0 Å². The second-order valence-corrected chi connectivity index (χ2v) is 8.77. The Kier molecular flexibility index (Phi) is 12.0. The van der Waals surface area contributed by atoms with Crippen molar-refractivity contribution in [2.45, 2.75) is 63.7 Å². The molecule has 0 aliphatic heterocycles. The zero-order valence-corrected chi connectivity index (χ0v) is 20.5. The quantitative estimate of drug-likeness (QED) is 0.128. The number of carbonyl (C=O) groups excluding carboxylic acids is 4. The first-order valence-corrected chi connectivity index (χ1v) is 11.4. The molecule has 4 unspecified atom stereocenters. The van der Waals surface area contributed by atoms with Gasteiger partial charge < -0.3 is 42.7 Å². The molecule has 0 aliphatic carbocycles. The van der Waals surface area contributed by atoms with E-state index >= 15 is 0 Å². The predicted molar refractivity (Wildman–Crippen MR) is 129 cm³/mol. The summed E-state index contributed by atoms with van der Waals surface area (Å²) in [7, 11) is 0. The Hall–Kier alpha value is -4.20. The number of phenols is 1. The minimum Gasteiger partial charge on any atom is -0.508 e. The minimum atomic E-state index is -1.59. The van der Waals surface area contributed by atoms with Gasteiger partial charge in [0.05, 0.1) is 12.5 Å². The van der Waals surface area contributed by atoms with Gasteiger partial charge in [0.2, 0.25) is 23.6 Å². The Bertz CT molecular complexity index is 997. The number of nitrogens with one attached hydrogen (secondary N) is 3. The average molecular weight is 524 g/mol. The average Bonchev–Trinajstić information content (AvgIpc) is 2.79. The number of benzene rings is 1. The van der Waals surface area contributed by atoms with Crippen LogP contribution < -0.4 is 27.4 Å². The van der Waals surface area contributed by atoms with E-state index in [-0.39, 0.29) is 25.0 Å². The van der Waals surface area contributed by atoms with E-state index in [0.717, 1.165) is 0 Å². The van der Waals surface area contributed by atoms with Crippen molar-refractivity contribution >= 4 is 35.6 Å². The van der Waals surface area contributed by atoms with Crippen LogP contribution in [0.4, 0.5) is 0 Å². The van der Waals surface area contributed by atoms with Crippen LogP contribution in [0, 0.1) is 5.92 Å². The molecule has 1 aromatic carbocycles. The van der Waals surface area contributed by atoms with Gasteiger partial charge in [0.15, 0.2) is 0 Å². The Labute approximate surface area is 212 Å². The first-order chi connectivity index (χ1) is 17.2. The number of carbonyl (C=O) groups is 6. The number of hydrogen-bond donors (Lipinski definition) is 8. The minimum absolute atomic E-state index is 0.0197. The third-order valence-corrected chi connectivity index (χ3v) is 5.28. The molecule has 10 N–H and O–H groups in total. The van der Waals surface area contributed by atoms with Gasteiger partial charge in [-0.05, 0) is 36.5 Å². The SMILES string of the molecule is CC(C)C(NC(=O)C(CC(=O)O)NC(=O)C(N)Cc1ccc(O)cc1)C(=O)NC(CCC(N)=O)C(=O)O. The van der Waals surface area contributed by atoms with Gasteiger partial charge >= 0.3 is 11.9 Å². The molecule has 0 bridgehead atoms. The van der Waals surface area contributed by atoms with Gasteiger partial charge in [-0.2, -0.15) is 0 Å². The lowest BCUT2D eigenvalue weighted by atomic mass is 10.0. The summed E-state index contributed by atoms with van der Waals surface area (Å²) in [6.45, 7) is 3.12. The lowest BCUT2D eigenvalue weighted by Crippen LogP contribution is -2.59. The van der Waals surface area contributed by atoms with Crippen LogP contribution in [0.1, 0.15) is 38.7 Å². The molecular formula is C23H33N5O9. The summed E-state index contributed by atoms with van der Waals surface area (Å²) in [5.74, 6) is -6.83. The van der Waals surface area contributed by atoms with Crippen LogP contribution in [0.3, 0.4) is 0 Å². The Morgan fingerprint density at radius 3 is 1.92 bits per heavy atom. The van der Waals surface area contributed by atoms with Crippen molar-refractivity contribution in [3.8, 4) is 5.75 Å². The predicted octanol–water partition coefficient (Wildman–Crippen LogP) is -1.80. The van der Waals surface area contributed by atoms with E-state index < -0.39 is 72.1 Å². The van der Waals surface area contributed by atoms with Gasteiger partial charge in [-0.1, -0.05) is 26.0 Å². The third kappa shape index (κ3) is 10.9. The van der Waals surface area contributed by atoms with Crippen LogP contribution >= 0.6 is 0 Å². The van der Waals surface area contributed by atoms with Crippen molar-refractivity contribution in [2.75, 3.05) is 0 Å². The summed E-state index contributed by atoms with van der Waals surface area (Å²) in [6, 6.07) is 0.413. The Balaban J connectivity index is 2.93. The zero-order valence-electron chi connectivity index (χ0n) is 20.5. The summed E-state index contributed by atoms with van der Waals surface area (Å²) in [5, 5.41) is 34.7. The second-order valence-electron chi connectivity index (χ2n) is 8.77. The third-order valence-electron chi connectivity index (χ3n) is 5.28. The summed E-state index contributed by atoms with van der Waals surface area (Å²) in [6.07, 6.45) is -1.35. The summed E-state index contributed by atoms with van der Waals surface area (Å²) in [4.78, 5) is 71.9. The van der Waals surface area contributed by atoms with E-state index in [2.05, 4.69) is 16.0 Å². The van der Waals surface area contributed by atoms with Crippen molar-refractivity contribution in [1.29, 1.82) is 0 Å². The number of primary amides is 1. The zero-order chi connectivity index (χ0) is 28.3. The summed E-state index contributed by atoms with van der Waals surface area (Å²) >= 11 is 0. The topological polar surface area (TPSA) is 251 Å². The number of aromatic hydroxyl groups is 1. The van der Waals surface area contributed by atoms with E-state index in [0.29, 0.717) is 5.56 Å². The second kappa shape index (κ2) is 14.4. The molecule has 0 saturated carbocycles. The fourth-order valence-electron chi connectivity index (χ4n) is 3.24. The number of amides is 4. The van der Waals surface area contributed by atoms with Gasteiger partial charge in [-0.25, -0.2) is 4.79 Å². The van der Waals surface area contributed by atoms with Crippen LogP contribution in [0.15, 0.2) is 24.3 Å². The number of carboxylic acid groups (broad SMARTS) is 2. The van der Waals surface area contributed by atoms with Gasteiger partial charge in [0.1, 0.15) is 23.9 Å². The molecule has 0 fully saturated rings. The number of hydrogen-bond acceptors (Lipinski definition) is 8. The maximum atomic E-state index is 12.9. The van der Waals surface area contributed by atoms with Crippen LogP contribution in [0.2, 0.25) is 0 Å². The maximum absolute atomic E-state index is 12.9. The lowest BCUT2D eigenvalue weighted by molar-refractivity contribution is -0.143. The molecule has 1 aromatic rings. The molecule has 14 nitrogen and oxygen atoms in total. The molecule has 14 heteroatoms. The fourth-order valence-corrected chi connectivity index (χ4v) is 3.24. The molecule has 37 heavy (non-hydrogen) atoms. The van der Waals surface area contributed by atoms with Crippen molar-refractivity contribution < 1.29 is 44.1 Å². The summed E-state index contributed by atoms with van der Waals surface area (Å²) < 4.78 is 0. The summed E-state index contributed by atoms with van der Waals surface area (Å²) in [5.41, 5.74) is 11.5. The number of rotatable bonds is 15. The number of carboxylic acids is 2. The molecule has 0 aromatic heterocycles. The van der Waals surface area contributed by atoms with Crippen molar-refractivity contribution in [1.82, 2.24) is 16.0 Å². The highest BCUT2D eigenvalue weighted by atomic mass is 16.4. The first kappa shape index (κ1) is 30.8. The normalized spacial score (nSPS) is 14.1. The molecule has 0 spiro atoms. The number of nitrogens with two attached hydrogens (primary N) is 2. The van der Waals surface area contributed by atoms with Gasteiger partial charge in [0, 0.05) is 6.42 Å². The first-order valence-electron chi connectivity index (χ1n) is 11.4. The highest BCUT2D eigenvalue weighted by Crippen LogP contribution is 2.11. The Morgan fingerprint density at radius 2 is 1.43 bits per heavy atom. The molecule has 0 heterocycles. The van der Waals surface area contributed by atoms with Gasteiger partial charge in [-0.15, -0.1) is 0 Å². The molecule has 4 amide bonds.